The number of ketones is 1. The van der Waals surface area contributed by atoms with E-state index in [0.29, 0.717) is 5.56 Å². The molecule has 2 heterocycles. The maximum atomic E-state index is 12.4. The molecule has 3 rings (SSSR count). The smallest absolute Gasteiger partial charge is 0.360 e. The summed E-state index contributed by atoms with van der Waals surface area (Å²) in [5.41, 5.74) is 2.70. The van der Waals surface area contributed by atoms with Crippen molar-refractivity contribution in [2.45, 2.75) is 19.9 Å². The highest BCUT2D eigenvalue weighted by atomic mass is 16.6. The lowest BCUT2D eigenvalue weighted by Gasteiger charge is -2.01. The van der Waals surface area contributed by atoms with Crippen LogP contribution in [0.3, 0.4) is 0 Å². The second-order valence-electron chi connectivity index (χ2n) is 4.98. The number of aromatic amines is 1. The molecule has 0 unspecified atom stereocenters. The highest BCUT2D eigenvalue weighted by molar-refractivity contribution is 6.08. The maximum Gasteiger partial charge on any atom is 0.381 e. The van der Waals surface area contributed by atoms with Crippen LogP contribution in [0, 0.1) is 10.1 Å². The molecule has 0 atom stereocenters. The van der Waals surface area contributed by atoms with Crippen molar-refractivity contribution >= 4 is 22.5 Å². The van der Waals surface area contributed by atoms with Gasteiger partial charge >= 0.3 is 5.82 Å². The zero-order chi connectivity index (χ0) is 15.7. The first kappa shape index (κ1) is 14.0. The predicted octanol–water partition coefficient (Wildman–Crippen LogP) is 2.72. The van der Waals surface area contributed by atoms with E-state index in [-0.39, 0.29) is 18.1 Å². The van der Waals surface area contributed by atoms with Crippen molar-refractivity contribution in [3.05, 3.63) is 58.2 Å². The molecule has 0 aliphatic rings. The van der Waals surface area contributed by atoms with E-state index in [1.807, 2.05) is 18.2 Å². The molecule has 3 aromatic rings. The fourth-order valence-electron chi connectivity index (χ4n) is 2.52. The van der Waals surface area contributed by atoms with Gasteiger partial charge < -0.3 is 19.7 Å². The van der Waals surface area contributed by atoms with Crippen molar-refractivity contribution in [3.8, 4) is 0 Å². The Bertz CT molecular complexity index is 863. The highest BCUT2D eigenvalue weighted by Crippen LogP contribution is 2.23. The number of nitrogens with zero attached hydrogens (tertiary/aromatic N) is 3. The lowest BCUT2D eigenvalue weighted by atomic mass is 10.0. The van der Waals surface area contributed by atoms with Crippen molar-refractivity contribution in [2.24, 2.45) is 0 Å². The molecule has 22 heavy (non-hydrogen) atoms. The number of H-pyrrole nitrogens is 1. The summed E-state index contributed by atoms with van der Waals surface area (Å²) in [6.07, 6.45) is 5.11. The standard InChI is InChI=1S/C15H14N4O3/c1-2-10-4-3-5-11-12(6-16-15(10)11)13(20)7-18-8-14(17-9-18)19(21)22/h3-6,8-9,16H,2,7H2,1H3. The summed E-state index contributed by atoms with van der Waals surface area (Å²) < 4.78 is 1.42. The zero-order valence-electron chi connectivity index (χ0n) is 11.9. The molecule has 1 aromatic carbocycles. The van der Waals surface area contributed by atoms with Gasteiger partial charge in [0.25, 0.3) is 0 Å². The van der Waals surface area contributed by atoms with Crippen molar-refractivity contribution in [3.63, 3.8) is 0 Å². The molecule has 0 amide bonds. The third kappa shape index (κ3) is 2.37. The average molecular weight is 298 g/mol. The van der Waals surface area contributed by atoms with Gasteiger partial charge in [-0.2, -0.15) is 0 Å². The Hall–Kier alpha value is -2.96. The largest absolute Gasteiger partial charge is 0.381 e. The first-order valence-corrected chi connectivity index (χ1v) is 6.88. The van der Waals surface area contributed by atoms with Crippen molar-refractivity contribution in [1.29, 1.82) is 0 Å². The van der Waals surface area contributed by atoms with Gasteiger partial charge in [-0.05, 0) is 21.9 Å². The average Bonchev–Trinajstić information content (AvgIpc) is 3.13. The zero-order valence-corrected chi connectivity index (χ0v) is 11.9. The number of rotatable bonds is 5. The predicted molar refractivity (Wildman–Crippen MR) is 80.9 cm³/mol. The van der Waals surface area contributed by atoms with E-state index in [2.05, 4.69) is 16.9 Å². The Morgan fingerprint density at radius 2 is 2.27 bits per heavy atom. The molecule has 112 valence electrons. The maximum absolute atomic E-state index is 12.4. The molecule has 0 radical (unpaired) electrons. The first-order chi connectivity index (χ1) is 10.6. The molecule has 0 aliphatic heterocycles. The molecule has 0 aliphatic carbocycles. The number of imidazole rings is 1. The Morgan fingerprint density at radius 1 is 1.45 bits per heavy atom. The van der Waals surface area contributed by atoms with Gasteiger partial charge in [-0.25, -0.2) is 0 Å². The van der Waals surface area contributed by atoms with Crippen LogP contribution in [0.5, 0.6) is 0 Å². The molecule has 0 bridgehead atoms. The van der Waals surface area contributed by atoms with Gasteiger partial charge in [-0.15, -0.1) is 0 Å². The fraction of sp³-hybridized carbons (Fsp3) is 0.200. The van der Waals surface area contributed by atoms with Gasteiger partial charge in [0, 0.05) is 22.7 Å². The highest BCUT2D eigenvalue weighted by Gasteiger charge is 2.16. The lowest BCUT2D eigenvalue weighted by Crippen LogP contribution is -2.08. The lowest BCUT2D eigenvalue weighted by molar-refractivity contribution is -0.389. The summed E-state index contributed by atoms with van der Waals surface area (Å²) >= 11 is 0. The number of aryl methyl sites for hydroxylation is 1. The summed E-state index contributed by atoms with van der Waals surface area (Å²) in [5, 5.41) is 11.5. The van der Waals surface area contributed by atoms with Crippen LogP contribution in [0.1, 0.15) is 22.8 Å². The number of nitrogens with one attached hydrogen (secondary N) is 1. The van der Waals surface area contributed by atoms with Crippen LogP contribution in [0.25, 0.3) is 10.9 Å². The number of carbonyl (C=O) groups is 1. The van der Waals surface area contributed by atoms with Crippen molar-refractivity contribution in [1.82, 2.24) is 14.5 Å². The Balaban J connectivity index is 1.90. The van der Waals surface area contributed by atoms with E-state index in [9.17, 15) is 14.9 Å². The fourth-order valence-corrected chi connectivity index (χ4v) is 2.52. The second kappa shape index (κ2) is 5.44. The van der Waals surface area contributed by atoms with Gasteiger partial charge in [0.1, 0.15) is 6.20 Å². The second-order valence-corrected chi connectivity index (χ2v) is 4.98. The van der Waals surface area contributed by atoms with Crippen LogP contribution in [0.15, 0.2) is 36.9 Å². The normalized spacial score (nSPS) is 11.0. The monoisotopic (exact) mass is 298 g/mol. The Labute approximate surface area is 125 Å². The molecule has 2 aromatic heterocycles. The molecule has 7 nitrogen and oxygen atoms in total. The van der Waals surface area contributed by atoms with E-state index >= 15 is 0 Å². The number of carbonyl (C=O) groups excluding carboxylic acids is 1. The number of Topliss-reactive ketones (excluding diaryl/α,β-unsaturated/α-hetero) is 1. The van der Waals surface area contributed by atoms with Crippen LogP contribution < -0.4 is 0 Å². The minimum atomic E-state index is -0.583. The third-order valence-corrected chi connectivity index (χ3v) is 3.62. The van der Waals surface area contributed by atoms with E-state index in [1.165, 1.54) is 17.1 Å². The van der Waals surface area contributed by atoms with Gasteiger partial charge in [0.2, 0.25) is 6.33 Å². The molecule has 0 spiro atoms. The SMILES string of the molecule is CCc1cccc2c(C(=O)Cn3cnc([N+](=O)[O-])c3)c[nH]c12. The Kier molecular flexibility index (Phi) is 3.46. The first-order valence-electron chi connectivity index (χ1n) is 6.88. The summed E-state index contributed by atoms with van der Waals surface area (Å²) in [6.45, 7) is 2.08. The van der Waals surface area contributed by atoms with Gasteiger partial charge in [-0.1, -0.05) is 25.1 Å². The van der Waals surface area contributed by atoms with E-state index in [4.69, 9.17) is 0 Å². The number of benzene rings is 1. The van der Waals surface area contributed by atoms with Crippen molar-refractivity contribution in [2.75, 3.05) is 0 Å². The molecule has 0 saturated heterocycles. The van der Waals surface area contributed by atoms with Crippen LogP contribution in [-0.2, 0) is 13.0 Å². The quantitative estimate of drug-likeness (QED) is 0.445. The minimum Gasteiger partial charge on any atom is -0.360 e. The molecule has 1 N–H and O–H groups in total. The summed E-state index contributed by atoms with van der Waals surface area (Å²) in [4.78, 5) is 29.2. The van der Waals surface area contributed by atoms with Crippen LogP contribution in [0.4, 0.5) is 5.82 Å². The number of aromatic nitrogens is 3. The van der Waals surface area contributed by atoms with Gasteiger partial charge in [-0.3, -0.25) is 4.79 Å². The molecular formula is C15H14N4O3. The van der Waals surface area contributed by atoms with Gasteiger partial charge in [0.05, 0.1) is 6.54 Å². The summed E-state index contributed by atoms with van der Waals surface area (Å²) in [7, 11) is 0. The number of para-hydroxylation sites is 1. The Morgan fingerprint density at radius 3 is 2.95 bits per heavy atom. The van der Waals surface area contributed by atoms with Crippen LogP contribution in [0.2, 0.25) is 0 Å². The van der Waals surface area contributed by atoms with Gasteiger partial charge in [0.15, 0.2) is 5.78 Å². The van der Waals surface area contributed by atoms with Crippen LogP contribution in [-0.4, -0.2) is 25.2 Å². The number of fused-ring (bicyclic) bond motifs is 1. The molecule has 0 saturated carbocycles. The van der Waals surface area contributed by atoms with E-state index in [0.717, 1.165) is 22.9 Å². The molecular weight excluding hydrogens is 284 g/mol. The summed E-state index contributed by atoms with van der Waals surface area (Å²) in [6, 6.07) is 5.84. The number of hydrogen-bond donors (Lipinski definition) is 1. The summed E-state index contributed by atoms with van der Waals surface area (Å²) in [5.74, 6) is -0.383. The minimum absolute atomic E-state index is 0.0180. The topological polar surface area (TPSA) is 93.8 Å². The number of hydrogen-bond acceptors (Lipinski definition) is 4. The third-order valence-electron chi connectivity index (χ3n) is 3.62. The van der Waals surface area contributed by atoms with Crippen molar-refractivity contribution < 1.29 is 9.72 Å². The van der Waals surface area contributed by atoms with Crippen LogP contribution >= 0.6 is 0 Å². The number of nitro groups is 1. The molecule has 7 heteroatoms. The molecule has 0 fully saturated rings. The van der Waals surface area contributed by atoms with E-state index < -0.39 is 4.92 Å². The van der Waals surface area contributed by atoms with E-state index in [1.54, 1.807) is 6.20 Å².